The molecule has 0 unspecified atom stereocenters. The summed E-state index contributed by atoms with van der Waals surface area (Å²) in [6.07, 6.45) is 4.38. The molecule has 0 aliphatic carbocycles. The second kappa shape index (κ2) is 17.3. The number of hydrogen-bond acceptors (Lipinski definition) is 7. The van der Waals surface area contributed by atoms with Crippen molar-refractivity contribution in [3.63, 3.8) is 0 Å². The summed E-state index contributed by atoms with van der Waals surface area (Å²) in [7, 11) is 0. The van der Waals surface area contributed by atoms with Crippen molar-refractivity contribution in [1.29, 1.82) is 0 Å². The van der Waals surface area contributed by atoms with Crippen molar-refractivity contribution in [3.05, 3.63) is 150 Å². The predicted molar refractivity (Wildman–Crippen MR) is 191 cm³/mol. The molecule has 4 aromatic carbocycles. The summed E-state index contributed by atoms with van der Waals surface area (Å²) in [5, 5.41) is 22.4. The zero-order valence-electron chi connectivity index (χ0n) is 26.7. The Balaban J connectivity index is 0.000000313. The van der Waals surface area contributed by atoms with Crippen molar-refractivity contribution < 1.29 is 14.7 Å². The van der Waals surface area contributed by atoms with E-state index in [0.717, 1.165) is 27.8 Å². The van der Waals surface area contributed by atoms with Gasteiger partial charge in [-0.05, 0) is 71.1 Å². The van der Waals surface area contributed by atoms with E-state index in [9.17, 15) is 14.7 Å². The lowest BCUT2D eigenvalue weighted by Crippen LogP contribution is -2.41. The number of fused-ring (bicyclic) bond motifs is 2. The highest BCUT2D eigenvalue weighted by Crippen LogP contribution is 2.21. The van der Waals surface area contributed by atoms with Crippen LogP contribution in [0.15, 0.2) is 128 Å². The largest absolute Gasteiger partial charge is 0.480 e. The fourth-order valence-corrected chi connectivity index (χ4v) is 5.36. The smallest absolute Gasteiger partial charge is 0.326 e. The molecule has 48 heavy (non-hydrogen) atoms. The van der Waals surface area contributed by atoms with E-state index in [2.05, 4.69) is 50.2 Å². The normalized spacial score (nSPS) is 11.4. The summed E-state index contributed by atoms with van der Waals surface area (Å²) in [6, 6.07) is 36.3. The predicted octanol–water partition coefficient (Wildman–Crippen LogP) is 6.29. The fourth-order valence-electron chi connectivity index (χ4n) is 5.36. The molecule has 1 atom stereocenters. The Bertz CT molecular complexity index is 1920. The van der Waals surface area contributed by atoms with Gasteiger partial charge in [0.25, 0.3) is 5.91 Å². The SMILES string of the molecule is NCc1cccc2ccccc12.O=C(N[C@@H](CCCNc1cccc2cccnc12)C(=O)O)c1ccc(CNCc2ccccn2)cc1. The quantitative estimate of drug-likeness (QED) is 0.0927. The Kier molecular flexibility index (Phi) is 12.2. The van der Waals surface area contributed by atoms with E-state index in [1.165, 1.54) is 16.3 Å². The van der Waals surface area contributed by atoms with Crippen LogP contribution >= 0.6 is 0 Å². The van der Waals surface area contributed by atoms with Crippen LogP contribution in [0.2, 0.25) is 0 Å². The molecule has 1 amide bonds. The van der Waals surface area contributed by atoms with Crippen LogP contribution in [0.3, 0.4) is 0 Å². The standard InChI is InChI=1S/C28H29N5O3.C11H11N/c34-27(22-13-11-20(12-14-22)18-29-19-23-8-1-2-15-30-23)33-25(28(35)36)10-5-16-31-24-9-3-6-21-7-4-17-32-26(21)24;12-8-10-6-3-5-9-4-1-2-7-11(9)10/h1-4,6-9,11-15,17,25,29,31H,5,10,16,18-19H2,(H,33,34)(H,35,36);1-7H,8,12H2/t25-;/m0./s1. The summed E-state index contributed by atoms with van der Waals surface area (Å²) in [4.78, 5) is 33.1. The van der Waals surface area contributed by atoms with E-state index in [-0.39, 0.29) is 0 Å². The van der Waals surface area contributed by atoms with Gasteiger partial charge in [0.15, 0.2) is 0 Å². The van der Waals surface area contributed by atoms with Gasteiger partial charge in [0.2, 0.25) is 0 Å². The minimum atomic E-state index is -1.05. The molecule has 6 rings (SSSR count). The number of carboxylic acids is 1. The number of amides is 1. The van der Waals surface area contributed by atoms with Crippen LogP contribution in [0.25, 0.3) is 21.7 Å². The van der Waals surface area contributed by atoms with Gasteiger partial charge in [-0.3, -0.25) is 14.8 Å². The minimum absolute atomic E-state index is 0.307. The summed E-state index contributed by atoms with van der Waals surface area (Å²) in [5.74, 6) is -1.45. The Morgan fingerprint density at radius 3 is 2.27 bits per heavy atom. The Labute approximate surface area is 280 Å². The molecule has 244 valence electrons. The molecule has 2 aromatic heterocycles. The van der Waals surface area contributed by atoms with Crippen LogP contribution in [0.4, 0.5) is 5.69 Å². The molecular weight excluding hydrogens is 600 g/mol. The van der Waals surface area contributed by atoms with Gasteiger partial charge in [0, 0.05) is 49.5 Å². The number of carbonyl (C=O) groups excluding carboxylic acids is 1. The maximum absolute atomic E-state index is 12.6. The third kappa shape index (κ3) is 9.45. The van der Waals surface area contributed by atoms with Gasteiger partial charge in [-0.1, -0.05) is 78.9 Å². The average Bonchev–Trinajstić information content (AvgIpc) is 3.13. The van der Waals surface area contributed by atoms with Crippen LogP contribution < -0.4 is 21.7 Å². The molecule has 0 aliphatic rings. The first-order valence-corrected chi connectivity index (χ1v) is 16.0. The van der Waals surface area contributed by atoms with Crippen LogP contribution in [0, 0.1) is 0 Å². The van der Waals surface area contributed by atoms with Gasteiger partial charge in [0.05, 0.1) is 16.9 Å². The zero-order chi connectivity index (χ0) is 33.6. The summed E-state index contributed by atoms with van der Waals surface area (Å²) in [6.45, 7) is 2.46. The molecule has 0 saturated heterocycles. The summed E-state index contributed by atoms with van der Waals surface area (Å²) in [5.41, 5.74) is 11.0. The molecular formula is C39H40N6O3. The van der Waals surface area contributed by atoms with Gasteiger partial charge in [-0.25, -0.2) is 4.79 Å². The molecule has 0 fully saturated rings. The molecule has 0 bridgehead atoms. The van der Waals surface area contributed by atoms with Crippen molar-refractivity contribution >= 4 is 39.2 Å². The van der Waals surface area contributed by atoms with Gasteiger partial charge in [-0.2, -0.15) is 0 Å². The number of aromatic nitrogens is 2. The topological polar surface area (TPSA) is 142 Å². The van der Waals surface area contributed by atoms with Crippen molar-refractivity contribution in [3.8, 4) is 0 Å². The maximum Gasteiger partial charge on any atom is 0.326 e. The molecule has 0 spiro atoms. The summed E-state index contributed by atoms with van der Waals surface area (Å²) >= 11 is 0. The fraction of sp³-hybridized carbons (Fsp3) is 0.179. The average molecular weight is 641 g/mol. The molecule has 9 heteroatoms. The first kappa shape index (κ1) is 33.7. The maximum atomic E-state index is 12.6. The van der Waals surface area contributed by atoms with Gasteiger partial charge in [0.1, 0.15) is 6.04 Å². The first-order chi connectivity index (χ1) is 23.5. The number of carbonyl (C=O) groups is 2. The van der Waals surface area contributed by atoms with Crippen molar-refractivity contribution in [1.82, 2.24) is 20.6 Å². The lowest BCUT2D eigenvalue weighted by molar-refractivity contribution is -0.139. The number of rotatable bonds is 13. The van der Waals surface area contributed by atoms with Crippen LogP contribution in [0.5, 0.6) is 0 Å². The second-order valence-corrected chi connectivity index (χ2v) is 11.3. The highest BCUT2D eigenvalue weighted by atomic mass is 16.4. The number of nitrogens with one attached hydrogen (secondary N) is 3. The van der Waals surface area contributed by atoms with E-state index < -0.39 is 17.9 Å². The number of benzene rings is 4. The third-order valence-electron chi connectivity index (χ3n) is 7.90. The molecule has 0 saturated carbocycles. The Morgan fingerprint density at radius 1 is 0.750 bits per heavy atom. The second-order valence-electron chi connectivity index (χ2n) is 11.3. The van der Waals surface area contributed by atoms with Crippen LogP contribution in [-0.2, 0) is 24.4 Å². The first-order valence-electron chi connectivity index (χ1n) is 16.0. The van der Waals surface area contributed by atoms with Crippen molar-refractivity contribution in [2.24, 2.45) is 5.73 Å². The van der Waals surface area contributed by atoms with E-state index in [0.29, 0.717) is 44.6 Å². The highest BCUT2D eigenvalue weighted by Gasteiger charge is 2.20. The van der Waals surface area contributed by atoms with E-state index in [1.807, 2.05) is 78.9 Å². The number of pyridine rings is 2. The summed E-state index contributed by atoms with van der Waals surface area (Å²) < 4.78 is 0. The third-order valence-corrected chi connectivity index (χ3v) is 7.90. The molecule has 9 nitrogen and oxygen atoms in total. The van der Waals surface area contributed by atoms with E-state index >= 15 is 0 Å². The number of hydrogen-bond donors (Lipinski definition) is 5. The molecule has 2 heterocycles. The number of anilines is 1. The number of nitrogens with two attached hydrogens (primary N) is 1. The Hall–Kier alpha value is -5.64. The molecule has 6 N–H and O–H groups in total. The van der Waals surface area contributed by atoms with Gasteiger partial charge < -0.3 is 26.8 Å². The van der Waals surface area contributed by atoms with Crippen LogP contribution in [0.1, 0.15) is 40.0 Å². The number of nitrogens with zero attached hydrogens (tertiary/aromatic N) is 2. The number of para-hydroxylation sites is 1. The lowest BCUT2D eigenvalue weighted by atomic mass is 10.1. The van der Waals surface area contributed by atoms with Crippen molar-refractivity contribution in [2.75, 3.05) is 11.9 Å². The van der Waals surface area contributed by atoms with Gasteiger partial charge in [-0.15, -0.1) is 0 Å². The lowest BCUT2D eigenvalue weighted by Gasteiger charge is -2.15. The van der Waals surface area contributed by atoms with E-state index in [1.54, 1.807) is 24.5 Å². The van der Waals surface area contributed by atoms with Crippen molar-refractivity contribution in [2.45, 2.75) is 38.5 Å². The monoisotopic (exact) mass is 640 g/mol. The van der Waals surface area contributed by atoms with E-state index in [4.69, 9.17) is 5.73 Å². The van der Waals surface area contributed by atoms with Gasteiger partial charge >= 0.3 is 5.97 Å². The Morgan fingerprint density at radius 2 is 1.48 bits per heavy atom. The molecule has 6 aromatic rings. The van der Waals surface area contributed by atoms with Crippen LogP contribution in [-0.4, -0.2) is 39.5 Å². The highest BCUT2D eigenvalue weighted by molar-refractivity contribution is 5.96. The minimum Gasteiger partial charge on any atom is -0.480 e. The molecule has 0 aliphatic heterocycles. The molecule has 0 radical (unpaired) electrons. The zero-order valence-corrected chi connectivity index (χ0v) is 26.7. The number of carboxylic acid groups (broad SMARTS) is 1. The number of aliphatic carboxylic acids is 1.